The zero-order valence-corrected chi connectivity index (χ0v) is 9.37. The van der Waals surface area contributed by atoms with Gasteiger partial charge in [0.05, 0.1) is 6.54 Å². The summed E-state index contributed by atoms with van der Waals surface area (Å²) in [6.45, 7) is 2.97. The van der Waals surface area contributed by atoms with Crippen molar-refractivity contribution in [1.29, 1.82) is 0 Å². The van der Waals surface area contributed by atoms with Crippen LogP contribution in [0, 0.1) is 0 Å². The molecule has 0 aromatic rings. The Morgan fingerprint density at radius 3 is 2.67 bits per heavy atom. The lowest BCUT2D eigenvalue weighted by Crippen LogP contribution is -2.42. The van der Waals surface area contributed by atoms with E-state index in [9.17, 15) is 4.79 Å². The molecule has 1 saturated carbocycles. The van der Waals surface area contributed by atoms with E-state index in [1.165, 1.54) is 19.3 Å². The zero-order valence-electron chi connectivity index (χ0n) is 9.37. The molecular weight excluding hydrogens is 192 g/mol. The van der Waals surface area contributed by atoms with Crippen molar-refractivity contribution in [3.63, 3.8) is 0 Å². The molecule has 86 valence electrons. The maximum Gasteiger partial charge on any atom is 0.410 e. The molecule has 2 rings (SSSR count). The van der Waals surface area contributed by atoms with Gasteiger partial charge in [0, 0.05) is 12.6 Å². The topological polar surface area (TPSA) is 55.6 Å². The van der Waals surface area contributed by atoms with Gasteiger partial charge in [-0.15, -0.1) is 0 Å². The first-order valence-electron chi connectivity index (χ1n) is 5.84. The van der Waals surface area contributed by atoms with Gasteiger partial charge in [0.15, 0.2) is 0 Å². The van der Waals surface area contributed by atoms with E-state index in [1.807, 2.05) is 11.8 Å². The van der Waals surface area contributed by atoms with E-state index in [0.29, 0.717) is 19.1 Å². The fraction of sp³-hybridized carbons (Fsp3) is 0.909. The standard InChI is InChI=1S/C11H20N2O2/c1-11(7-12)8-13(10(14)15-11)9-5-3-2-4-6-9/h9H,2-8,12H2,1H3. The van der Waals surface area contributed by atoms with Crippen LogP contribution in [0.25, 0.3) is 0 Å². The number of carbonyl (C=O) groups excluding carboxylic acids is 1. The van der Waals surface area contributed by atoms with Crippen molar-refractivity contribution < 1.29 is 9.53 Å². The molecule has 0 aromatic heterocycles. The van der Waals surface area contributed by atoms with E-state index in [4.69, 9.17) is 10.5 Å². The van der Waals surface area contributed by atoms with Gasteiger partial charge < -0.3 is 15.4 Å². The van der Waals surface area contributed by atoms with Gasteiger partial charge in [-0.05, 0) is 19.8 Å². The molecule has 0 radical (unpaired) electrons. The maximum absolute atomic E-state index is 11.7. The molecule has 1 unspecified atom stereocenters. The first kappa shape index (κ1) is 10.7. The van der Waals surface area contributed by atoms with Crippen LogP contribution in [0.15, 0.2) is 0 Å². The van der Waals surface area contributed by atoms with E-state index in [-0.39, 0.29) is 6.09 Å². The zero-order chi connectivity index (χ0) is 10.9. The third-order valence-corrected chi connectivity index (χ3v) is 3.52. The van der Waals surface area contributed by atoms with Crippen LogP contribution in [-0.4, -0.2) is 35.7 Å². The smallest absolute Gasteiger partial charge is 0.410 e. The molecule has 1 aliphatic heterocycles. The lowest BCUT2D eigenvalue weighted by Gasteiger charge is -2.29. The summed E-state index contributed by atoms with van der Waals surface area (Å²) in [5.41, 5.74) is 5.15. The summed E-state index contributed by atoms with van der Waals surface area (Å²) >= 11 is 0. The van der Waals surface area contributed by atoms with Crippen molar-refractivity contribution in [3.8, 4) is 0 Å². The third-order valence-electron chi connectivity index (χ3n) is 3.52. The Morgan fingerprint density at radius 1 is 1.47 bits per heavy atom. The number of nitrogens with zero attached hydrogens (tertiary/aromatic N) is 1. The van der Waals surface area contributed by atoms with E-state index in [1.54, 1.807) is 0 Å². The summed E-state index contributed by atoms with van der Waals surface area (Å²) in [5.74, 6) is 0. The van der Waals surface area contributed by atoms with Gasteiger partial charge in [0.25, 0.3) is 0 Å². The van der Waals surface area contributed by atoms with Crippen molar-refractivity contribution >= 4 is 6.09 Å². The van der Waals surface area contributed by atoms with Crippen LogP contribution in [0.5, 0.6) is 0 Å². The van der Waals surface area contributed by atoms with Gasteiger partial charge in [0.2, 0.25) is 0 Å². The molecular formula is C11H20N2O2. The number of cyclic esters (lactones) is 1. The summed E-state index contributed by atoms with van der Waals surface area (Å²) in [5, 5.41) is 0. The quantitative estimate of drug-likeness (QED) is 0.754. The van der Waals surface area contributed by atoms with Crippen molar-refractivity contribution in [2.45, 2.75) is 50.7 Å². The number of hydrogen-bond donors (Lipinski definition) is 1. The van der Waals surface area contributed by atoms with Crippen molar-refractivity contribution in [3.05, 3.63) is 0 Å². The number of ether oxygens (including phenoxy) is 1. The van der Waals surface area contributed by atoms with Crippen molar-refractivity contribution in [1.82, 2.24) is 4.90 Å². The highest BCUT2D eigenvalue weighted by Gasteiger charge is 2.43. The van der Waals surface area contributed by atoms with Crippen molar-refractivity contribution in [2.75, 3.05) is 13.1 Å². The largest absolute Gasteiger partial charge is 0.440 e. The molecule has 0 bridgehead atoms. The van der Waals surface area contributed by atoms with Gasteiger partial charge in [-0.2, -0.15) is 0 Å². The highest BCUT2D eigenvalue weighted by Crippen LogP contribution is 2.29. The average Bonchev–Trinajstić information content (AvgIpc) is 2.57. The molecule has 4 nitrogen and oxygen atoms in total. The first-order valence-corrected chi connectivity index (χ1v) is 5.84. The summed E-state index contributed by atoms with van der Waals surface area (Å²) in [6.07, 6.45) is 5.83. The summed E-state index contributed by atoms with van der Waals surface area (Å²) in [7, 11) is 0. The number of carbonyl (C=O) groups is 1. The first-order chi connectivity index (χ1) is 7.14. The number of rotatable bonds is 2. The average molecular weight is 212 g/mol. The van der Waals surface area contributed by atoms with Crippen molar-refractivity contribution in [2.24, 2.45) is 5.73 Å². The maximum atomic E-state index is 11.7. The van der Waals surface area contributed by atoms with Crippen LogP contribution in [0.4, 0.5) is 4.79 Å². The van der Waals surface area contributed by atoms with E-state index in [0.717, 1.165) is 12.8 Å². The lowest BCUT2D eigenvalue weighted by molar-refractivity contribution is 0.0776. The molecule has 1 aliphatic carbocycles. The Hall–Kier alpha value is -0.770. The minimum atomic E-state index is -0.464. The lowest BCUT2D eigenvalue weighted by atomic mass is 9.94. The SMILES string of the molecule is CC1(CN)CN(C2CCCCC2)C(=O)O1. The Morgan fingerprint density at radius 2 is 2.13 bits per heavy atom. The molecule has 2 aliphatic rings. The Balaban J connectivity index is 2.01. The highest BCUT2D eigenvalue weighted by molar-refractivity contribution is 5.71. The van der Waals surface area contributed by atoms with E-state index < -0.39 is 5.60 Å². The Labute approximate surface area is 90.8 Å². The minimum Gasteiger partial charge on any atom is -0.440 e. The molecule has 2 N–H and O–H groups in total. The molecule has 1 atom stereocenters. The second-order valence-electron chi connectivity index (χ2n) is 4.94. The van der Waals surface area contributed by atoms with Gasteiger partial charge in [0.1, 0.15) is 5.60 Å². The molecule has 4 heteroatoms. The molecule has 1 saturated heterocycles. The fourth-order valence-corrected chi connectivity index (χ4v) is 2.50. The van der Waals surface area contributed by atoms with Crippen LogP contribution >= 0.6 is 0 Å². The monoisotopic (exact) mass is 212 g/mol. The van der Waals surface area contributed by atoms with E-state index in [2.05, 4.69) is 0 Å². The normalized spacial score (nSPS) is 33.2. The Kier molecular flexibility index (Phi) is 2.87. The van der Waals surface area contributed by atoms with Gasteiger partial charge in [-0.1, -0.05) is 19.3 Å². The number of nitrogens with two attached hydrogens (primary N) is 1. The van der Waals surface area contributed by atoms with E-state index >= 15 is 0 Å². The molecule has 0 aromatic carbocycles. The number of amides is 1. The minimum absolute atomic E-state index is 0.171. The van der Waals surface area contributed by atoms with Crippen LogP contribution < -0.4 is 5.73 Å². The number of hydrogen-bond acceptors (Lipinski definition) is 3. The molecule has 15 heavy (non-hydrogen) atoms. The van der Waals surface area contributed by atoms with Crippen LogP contribution in [0.1, 0.15) is 39.0 Å². The summed E-state index contributed by atoms with van der Waals surface area (Å²) < 4.78 is 5.33. The third kappa shape index (κ3) is 2.09. The second kappa shape index (κ2) is 4.00. The second-order valence-corrected chi connectivity index (χ2v) is 4.94. The molecule has 1 amide bonds. The predicted octanol–water partition coefficient (Wildman–Crippen LogP) is 1.49. The van der Waals surface area contributed by atoms with Crippen LogP contribution in [0.2, 0.25) is 0 Å². The summed E-state index contributed by atoms with van der Waals surface area (Å²) in [6, 6.07) is 0.389. The predicted molar refractivity (Wildman–Crippen MR) is 57.5 cm³/mol. The van der Waals surface area contributed by atoms with Gasteiger partial charge in [-0.25, -0.2) is 4.79 Å². The molecule has 2 fully saturated rings. The molecule has 0 spiro atoms. The summed E-state index contributed by atoms with van der Waals surface area (Å²) in [4.78, 5) is 13.6. The van der Waals surface area contributed by atoms with Crippen LogP contribution in [0.3, 0.4) is 0 Å². The fourth-order valence-electron chi connectivity index (χ4n) is 2.50. The highest BCUT2D eigenvalue weighted by atomic mass is 16.6. The van der Waals surface area contributed by atoms with Crippen LogP contribution in [-0.2, 0) is 4.74 Å². The van der Waals surface area contributed by atoms with Gasteiger partial charge in [-0.3, -0.25) is 0 Å². The molecule has 1 heterocycles. The Bertz CT molecular complexity index is 251. The van der Waals surface area contributed by atoms with Gasteiger partial charge >= 0.3 is 6.09 Å².